The van der Waals surface area contributed by atoms with Crippen molar-refractivity contribution in [2.45, 2.75) is 103 Å². The van der Waals surface area contributed by atoms with Gasteiger partial charge in [0, 0.05) is 23.9 Å². The zero-order chi connectivity index (χ0) is 21.6. The van der Waals surface area contributed by atoms with Gasteiger partial charge < -0.3 is 39.6 Å². The fourth-order valence-corrected chi connectivity index (χ4v) is 2.49. The van der Waals surface area contributed by atoms with Crippen LogP contribution in [-0.2, 0) is 55.7 Å². The Morgan fingerprint density at radius 2 is 0.500 bits per heavy atom. The molecule has 0 N–H and O–H groups in total. The van der Waals surface area contributed by atoms with Crippen molar-refractivity contribution >= 4 is 23.9 Å². The Labute approximate surface area is 202 Å². The molecule has 0 heterocycles. The molecular weight excluding hydrogens is 497 g/mol. The van der Waals surface area contributed by atoms with Crippen LogP contribution in [0, 0.1) is 0 Å². The summed E-state index contributed by atoms with van der Waals surface area (Å²) in [5, 5.41) is 40.1. The second-order valence-corrected chi connectivity index (χ2v) is 6.73. The Hall–Kier alpha value is -0.977. The normalized spacial score (nSPS) is 9.33. The second kappa shape index (κ2) is 28.0. The molecule has 173 valence electrons. The molecule has 0 fully saturated rings. The molecule has 0 saturated carbocycles. The van der Waals surface area contributed by atoms with Crippen molar-refractivity contribution in [3.8, 4) is 0 Å². The summed E-state index contributed by atoms with van der Waals surface area (Å²) in [7, 11) is 0. The third-order valence-corrected chi connectivity index (χ3v) is 4.02. The van der Waals surface area contributed by atoms with Crippen molar-refractivity contribution in [1.29, 1.82) is 0 Å². The van der Waals surface area contributed by atoms with Crippen LogP contribution in [0.25, 0.3) is 0 Å². The number of carbonyl (C=O) groups excluding carboxylic acids is 4. The van der Waals surface area contributed by atoms with Crippen LogP contribution in [0.4, 0.5) is 0 Å². The fourth-order valence-electron chi connectivity index (χ4n) is 2.49. The first kappa shape index (κ1) is 36.4. The minimum atomic E-state index is -0.998. The van der Waals surface area contributed by atoms with E-state index in [1.165, 1.54) is 0 Å². The quantitative estimate of drug-likeness (QED) is 0.165. The van der Waals surface area contributed by atoms with E-state index < -0.39 is 23.9 Å². The van der Waals surface area contributed by atoms with Gasteiger partial charge in [0.05, 0.1) is 0 Å². The predicted octanol–water partition coefficient (Wildman–Crippen LogP) is -0.791. The maximum atomic E-state index is 10.0. The van der Waals surface area contributed by atoms with E-state index in [0.29, 0.717) is 25.7 Å². The van der Waals surface area contributed by atoms with Gasteiger partial charge in [0.2, 0.25) is 0 Å². The largest absolute Gasteiger partial charge is 2.00 e. The summed E-state index contributed by atoms with van der Waals surface area (Å²) in [5.41, 5.74) is 0. The summed E-state index contributed by atoms with van der Waals surface area (Å²) in [6.07, 6.45) is 10.5. The summed E-state index contributed by atoms with van der Waals surface area (Å²) in [5.74, 6) is -3.99. The molecule has 0 aliphatic rings. The average molecular weight is 529 g/mol. The summed E-state index contributed by atoms with van der Waals surface area (Å²) in [6.45, 7) is 0. The molecule has 0 aromatic heterocycles. The van der Waals surface area contributed by atoms with Crippen LogP contribution in [0.15, 0.2) is 0 Å². The Kier molecular flexibility index (Phi) is 34.0. The van der Waals surface area contributed by atoms with E-state index in [9.17, 15) is 39.6 Å². The van der Waals surface area contributed by atoms with Crippen LogP contribution >= 0.6 is 0 Å². The maximum Gasteiger partial charge on any atom is 2.00 e. The molecule has 0 unspecified atom stereocenters. The van der Waals surface area contributed by atoms with Crippen molar-refractivity contribution in [2.24, 2.45) is 0 Å². The summed E-state index contributed by atoms with van der Waals surface area (Å²) >= 11 is 0. The van der Waals surface area contributed by atoms with E-state index in [1.54, 1.807) is 0 Å². The van der Waals surface area contributed by atoms with Gasteiger partial charge in [-0.2, -0.15) is 0 Å². The van der Waals surface area contributed by atoms with E-state index in [2.05, 4.69) is 0 Å². The topological polar surface area (TPSA) is 161 Å². The van der Waals surface area contributed by atoms with Gasteiger partial charge in [0.15, 0.2) is 0 Å². The van der Waals surface area contributed by atoms with E-state index in [4.69, 9.17) is 0 Å². The van der Waals surface area contributed by atoms with Crippen LogP contribution in [0.3, 0.4) is 0 Å². The van der Waals surface area contributed by atoms with Gasteiger partial charge in [-0.25, -0.2) is 0 Å². The Morgan fingerprint density at radius 1 is 0.367 bits per heavy atom. The van der Waals surface area contributed by atoms with Crippen molar-refractivity contribution in [1.82, 2.24) is 0 Å². The molecule has 0 aliphatic heterocycles. The van der Waals surface area contributed by atoms with Gasteiger partial charge in [-0.3, -0.25) is 0 Å². The van der Waals surface area contributed by atoms with Gasteiger partial charge in [0.1, 0.15) is 0 Å². The van der Waals surface area contributed by atoms with Crippen molar-refractivity contribution in [3.05, 3.63) is 0 Å². The second-order valence-electron chi connectivity index (χ2n) is 6.73. The Bertz CT molecular complexity index is 367. The monoisotopic (exact) mass is 527 g/mol. The Balaban J connectivity index is -0.000000211. The van der Waals surface area contributed by atoms with Gasteiger partial charge in [-0.15, -0.1) is 0 Å². The van der Waals surface area contributed by atoms with Crippen LogP contribution in [0.1, 0.15) is 103 Å². The van der Waals surface area contributed by atoms with Crippen LogP contribution in [0.2, 0.25) is 0 Å². The van der Waals surface area contributed by atoms with E-state index >= 15 is 0 Å². The molecule has 0 aromatic rings. The molecule has 0 bridgehead atoms. The van der Waals surface area contributed by atoms with Crippen molar-refractivity contribution in [2.75, 3.05) is 0 Å². The van der Waals surface area contributed by atoms with Gasteiger partial charge in [0.25, 0.3) is 0 Å². The standard InChI is InChI=1S/2C10H18O4.Cu.Zn/c2*11-9(12)7-5-3-1-2-4-6-8-10(13)14;;/h2*1-8H2,(H,11,12)(H,13,14);;/q;;2*+2/p-4. The summed E-state index contributed by atoms with van der Waals surface area (Å²) in [6, 6.07) is 0. The number of hydrogen-bond acceptors (Lipinski definition) is 8. The molecule has 0 aromatic carbocycles. The number of carboxylic acid groups (broad SMARTS) is 4. The number of hydrogen-bond donors (Lipinski definition) is 0. The minimum Gasteiger partial charge on any atom is -0.550 e. The molecule has 8 nitrogen and oxygen atoms in total. The molecule has 10 heteroatoms. The molecular formula is C20H32CuO8Zn. The molecule has 0 rings (SSSR count). The van der Waals surface area contributed by atoms with Crippen LogP contribution in [-0.4, -0.2) is 23.9 Å². The van der Waals surface area contributed by atoms with E-state index in [0.717, 1.165) is 51.4 Å². The summed E-state index contributed by atoms with van der Waals surface area (Å²) < 4.78 is 0. The molecule has 0 saturated heterocycles. The molecule has 0 amide bonds. The average Bonchev–Trinajstić information content (AvgIpc) is 2.59. The maximum absolute atomic E-state index is 10.0. The molecule has 0 aliphatic carbocycles. The SMILES string of the molecule is O=C([O-])CCCCCCCCC(=O)[O-].O=C([O-])CCCCCCCCC(=O)[O-].[Cu+2].[Zn+2]. The van der Waals surface area contributed by atoms with Gasteiger partial charge in [-0.05, 0) is 51.4 Å². The number of carboxylic acids is 4. The molecule has 1 radical (unpaired) electrons. The first-order valence-electron chi connectivity index (χ1n) is 10.0. The number of carbonyl (C=O) groups is 4. The third-order valence-electron chi connectivity index (χ3n) is 4.02. The Morgan fingerprint density at radius 3 is 0.633 bits per heavy atom. The number of aliphatic carboxylic acids is 4. The number of rotatable bonds is 18. The summed E-state index contributed by atoms with van der Waals surface area (Å²) in [4.78, 5) is 40.1. The van der Waals surface area contributed by atoms with Gasteiger partial charge >= 0.3 is 36.5 Å². The van der Waals surface area contributed by atoms with Gasteiger partial charge in [-0.1, -0.05) is 51.4 Å². The van der Waals surface area contributed by atoms with Crippen molar-refractivity contribution < 1.29 is 76.2 Å². The first-order chi connectivity index (χ1) is 13.3. The molecule has 0 spiro atoms. The smallest absolute Gasteiger partial charge is 0.550 e. The third kappa shape index (κ3) is 41.4. The minimum absolute atomic E-state index is 0. The molecule has 30 heavy (non-hydrogen) atoms. The van der Waals surface area contributed by atoms with E-state index in [1.807, 2.05) is 0 Å². The van der Waals surface area contributed by atoms with Crippen LogP contribution in [0.5, 0.6) is 0 Å². The van der Waals surface area contributed by atoms with Crippen molar-refractivity contribution in [3.63, 3.8) is 0 Å². The fraction of sp³-hybridized carbons (Fsp3) is 0.800. The number of unbranched alkanes of at least 4 members (excludes halogenated alkanes) is 10. The predicted molar refractivity (Wildman–Crippen MR) is 93.9 cm³/mol. The van der Waals surface area contributed by atoms with Crippen LogP contribution < -0.4 is 20.4 Å². The molecule has 0 atom stereocenters. The van der Waals surface area contributed by atoms with E-state index in [-0.39, 0.29) is 62.2 Å². The first-order valence-corrected chi connectivity index (χ1v) is 10.0. The zero-order valence-electron chi connectivity index (χ0n) is 17.6. The zero-order valence-corrected chi connectivity index (χ0v) is 21.5.